The molecule has 0 saturated carbocycles. The summed E-state index contributed by atoms with van der Waals surface area (Å²) in [6, 6.07) is 174. The van der Waals surface area contributed by atoms with Crippen molar-refractivity contribution >= 4 is 150 Å². The Morgan fingerprint density at radius 3 is 0.917 bits per heavy atom. The molecule has 29 aromatic rings. The standard InChI is InChI=1S/C46H29N3O.C46H29N3S.C40H25N3S/c1-2-10-30(11-3-1)33-12-8-13-34(28-33)31-20-22-32(23-21-31)41-26-27-47-46(48-41)49-42-18-6-4-14-37(42)40-29-35(24-25-43(40)49)36-16-9-17-39-38-15-5-7-19-44(38)50-45(36)39;1-3-12-30(13-4-1)31-22-24-33(25-23-31)41-29-40(32-14-5-2-6-15-32)47-46(48-41)49-42-20-9-7-16-36(42)39-28-34(26-27-43(39)49)35-18-11-19-38-37-17-8-10-21-44(37)50-45(35)38;1-2-9-26(10-3-1)27-17-19-28(20-18-27)35-23-24-41-40(42-35)43-36-15-6-4-11-31(36)34-25-29(21-22-37(34)43)30-13-8-14-33-32-12-5-7-16-38(32)44-39(30)33/h2*1-29H;1-25H. The quantitative estimate of drug-likeness (QED) is 0.107. The minimum absolute atomic E-state index is 0.639. The third-order valence-corrected chi connectivity index (χ3v) is 30.3. The predicted octanol–water partition coefficient (Wildman–Crippen LogP) is 35.7. The zero-order chi connectivity index (χ0) is 95.1. The molecule has 29 rings (SSSR count). The Kier molecular flexibility index (Phi) is 21.1. The van der Waals surface area contributed by atoms with E-state index >= 15 is 0 Å². The summed E-state index contributed by atoms with van der Waals surface area (Å²) in [6.45, 7) is 0. The van der Waals surface area contributed by atoms with E-state index in [1.165, 1.54) is 123 Å². The fourth-order valence-corrected chi connectivity index (χ4v) is 23.4. The van der Waals surface area contributed by atoms with E-state index in [9.17, 15) is 0 Å². The molecule has 10 nitrogen and oxygen atoms in total. The summed E-state index contributed by atoms with van der Waals surface area (Å²) in [5, 5.41) is 14.5. The number of aromatic nitrogens is 9. The number of hydrogen-bond acceptors (Lipinski definition) is 9. The van der Waals surface area contributed by atoms with Crippen LogP contribution in [0.2, 0.25) is 0 Å². The van der Waals surface area contributed by atoms with Gasteiger partial charge in [0.05, 0.1) is 55.9 Å². The molecule has 0 atom stereocenters. The van der Waals surface area contributed by atoms with Crippen LogP contribution in [0.25, 0.3) is 268 Å². The lowest BCUT2D eigenvalue weighted by atomic mass is 9.98. The van der Waals surface area contributed by atoms with Gasteiger partial charge in [0.25, 0.3) is 0 Å². The largest absolute Gasteiger partial charge is 0.455 e. The first-order valence-electron chi connectivity index (χ1n) is 48.4. The van der Waals surface area contributed by atoms with Crippen molar-refractivity contribution in [3.05, 3.63) is 504 Å². The Labute approximate surface area is 836 Å². The maximum atomic E-state index is 6.40. The van der Waals surface area contributed by atoms with Gasteiger partial charge in [0.2, 0.25) is 17.8 Å². The lowest BCUT2D eigenvalue weighted by molar-refractivity contribution is 0.670. The van der Waals surface area contributed by atoms with Crippen molar-refractivity contribution in [2.24, 2.45) is 0 Å². The number of hydrogen-bond donors (Lipinski definition) is 0. The van der Waals surface area contributed by atoms with Crippen molar-refractivity contribution in [1.82, 2.24) is 43.6 Å². The van der Waals surface area contributed by atoms with E-state index in [4.69, 9.17) is 34.3 Å². The second-order valence-electron chi connectivity index (χ2n) is 36.3. The Morgan fingerprint density at radius 1 is 0.174 bits per heavy atom. The summed E-state index contributed by atoms with van der Waals surface area (Å²) in [6.07, 6.45) is 3.71. The number of benzene rings is 20. The van der Waals surface area contributed by atoms with Gasteiger partial charge in [0.1, 0.15) is 11.2 Å². The minimum Gasteiger partial charge on any atom is -0.455 e. The van der Waals surface area contributed by atoms with E-state index in [-0.39, 0.29) is 0 Å². The lowest BCUT2D eigenvalue weighted by Gasteiger charge is -2.12. The third kappa shape index (κ3) is 15.2. The molecule has 9 aromatic heterocycles. The molecule has 0 bridgehead atoms. The number of fused-ring (bicyclic) bond motifs is 18. The van der Waals surface area contributed by atoms with E-state index in [0.717, 1.165) is 128 Å². The summed E-state index contributed by atoms with van der Waals surface area (Å²) in [4.78, 5) is 30.3. The average molecular weight is 1880 g/mol. The van der Waals surface area contributed by atoms with Gasteiger partial charge in [-0.2, -0.15) is 0 Å². The number of rotatable bonds is 14. The van der Waals surface area contributed by atoms with Gasteiger partial charge in [-0.15, -0.1) is 22.7 Å². The Hall–Kier alpha value is -18.7. The van der Waals surface area contributed by atoms with Crippen LogP contribution < -0.4 is 0 Å². The Morgan fingerprint density at radius 2 is 0.465 bits per heavy atom. The van der Waals surface area contributed by atoms with Gasteiger partial charge in [-0.25, -0.2) is 29.9 Å². The van der Waals surface area contributed by atoms with Crippen LogP contribution in [0, 0.1) is 0 Å². The maximum absolute atomic E-state index is 6.40. The second-order valence-corrected chi connectivity index (χ2v) is 38.4. The van der Waals surface area contributed by atoms with Gasteiger partial charge in [0.15, 0.2) is 0 Å². The van der Waals surface area contributed by atoms with Crippen LogP contribution in [-0.4, -0.2) is 43.6 Å². The van der Waals surface area contributed by atoms with Gasteiger partial charge in [-0.3, -0.25) is 13.7 Å². The van der Waals surface area contributed by atoms with Crippen molar-refractivity contribution < 1.29 is 4.42 Å². The Balaban J connectivity index is 0.000000108. The smallest absolute Gasteiger partial charge is 0.235 e. The molecule has 9 heterocycles. The third-order valence-electron chi connectivity index (χ3n) is 27.9. The minimum atomic E-state index is 0.639. The number of para-hydroxylation sites is 5. The monoisotopic (exact) mass is 1870 g/mol. The Bertz CT molecular complexity index is 10000. The highest BCUT2D eigenvalue weighted by Crippen LogP contribution is 2.47. The summed E-state index contributed by atoms with van der Waals surface area (Å²) in [5.41, 5.74) is 32.7. The molecule has 0 amide bonds. The molecule has 0 radical (unpaired) electrons. The van der Waals surface area contributed by atoms with Crippen molar-refractivity contribution in [3.63, 3.8) is 0 Å². The zero-order valence-electron chi connectivity index (χ0n) is 77.7. The van der Waals surface area contributed by atoms with Crippen LogP contribution in [0.3, 0.4) is 0 Å². The molecular formula is C132H83N9OS2. The van der Waals surface area contributed by atoms with Gasteiger partial charge in [0, 0.05) is 124 Å². The molecule has 0 aliphatic rings. The van der Waals surface area contributed by atoms with Crippen LogP contribution in [0.1, 0.15) is 0 Å². The van der Waals surface area contributed by atoms with Crippen molar-refractivity contribution in [1.29, 1.82) is 0 Å². The van der Waals surface area contributed by atoms with Crippen molar-refractivity contribution in [2.75, 3.05) is 0 Å². The fraction of sp³-hybridized carbons (Fsp3) is 0. The molecular weight excluding hydrogens is 1790 g/mol. The predicted molar refractivity (Wildman–Crippen MR) is 602 cm³/mol. The maximum Gasteiger partial charge on any atom is 0.235 e. The highest BCUT2D eigenvalue weighted by atomic mass is 32.1. The van der Waals surface area contributed by atoms with E-state index in [1.54, 1.807) is 0 Å². The lowest BCUT2D eigenvalue weighted by Crippen LogP contribution is -2.04. The van der Waals surface area contributed by atoms with Gasteiger partial charge in [-0.1, -0.05) is 394 Å². The van der Waals surface area contributed by atoms with E-state index in [1.807, 2.05) is 83.6 Å². The zero-order valence-corrected chi connectivity index (χ0v) is 79.3. The highest BCUT2D eigenvalue weighted by Gasteiger charge is 2.25. The van der Waals surface area contributed by atoms with Crippen LogP contribution >= 0.6 is 22.7 Å². The topological polar surface area (TPSA) is 105 Å². The van der Waals surface area contributed by atoms with Gasteiger partial charge in [-0.05, 0) is 169 Å². The normalized spacial score (nSPS) is 11.6. The molecule has 144 heavy (non-hydrogen) atoms. The fourth-order valence-electron chi connectivity index (χ4n) is 20.9. The molecule has 0 spiro atoms. The first kappa shape index (κ1) is 84.6. The van der Waals surface area contributed by atoms with Gasteiger partial charge < -0.3 is 4.42 Å². The summed E-state index contributed by atoms with van der Waals surface area (Å²) in [7, 11) is 0. The summed E-state index contributed by atoms with van der Waals surface area (Å²) >= 11 is 3.74. The van der Waals surface area contributed by atoms with E-state index in [0.29, 0.717) is 17.8 Å². The molecule has 0 N–H and O–H groups in total. The molecule has 674 valence electrons. The van der Waals surface area contributed by atoms with Crippen LogP contribution in [0.5, 0.6) is 0 Å². The van der Waals surface area contributed by atoms with Crippen LogP contribution in [0.15, 0.2) is 508 Å². The second kappa shape index (κ2) is 35.9. The average Bonchev–Trinajstić information content (AvgIpc) is 1.59. The number of nitrogens with zero attached hydrogens (tertiary/aromatic N) is 9. The highest BCUT2D eigenvalue weighted by molar-refractivity contribution is 7.26. The molecule has 0 aliphatic carbocycles. The van der Waals surface area contributed by atoms with E-state index in [2.05, 4.69) is 457 Å². The summed E-state index contributed by atoms with van der Waals surface area (Å²) in [5.74, 6) is 1.96. The van der Waals surface area contributed by atoms with E-state index < -0.39 is 0 Å². The molecule has 12 heteroatoms. The molecule has 0 aliphatic heterocycles. The van der Waals surface area contributed by atoms with Gasteiger partial charge >= 0.3 is 0 Å². The van der Waals surface area contributed by atoms with Crippen molar-refractivity contribution in [2.45, 2.75) is 0 Å². The molecule has 20 aromatic carbocycles. The summed E-state index contributed by atoms with van der Waals surface area (Å²) < 4.78 is 18.3. The molecule has 0 fully saturated rings. The number of furan rings is 1. The van der Waals surface area contributed by atoms with Crippen LogP contribution in [0.4, 0.5) is 0 Å². The molecule has 0 unspecified atom stereocenters. The molecule has 0 saturated heterocycles. The first-order valence-corrected chi connectivity index (χ1v) is 50.0. The van der Waals surface area contributed by atoms with Crippen molar-refractivity contribution in [3.8, 4) is 141 Å². The first-order chi connectivity index (χ1) is 71.4. The number of thiophene rings is 2. The SMILES string of the molecule is c1ccc(-c2ccc(-c3cc(-c4ccccc4)nc(-n4c5ccccc5c5cc(-c6cccc7c6sc6ccccc67)ccc54)n3)cc2)cc1.c1ccc(-c2ccc(-c3ccnc(-n4c5ccccc5c5cc(-c6cccc7c6sc6ccccc67)ccc54)n3)cc2)cc1.c1ccc(-c2cccc(-c3ccc(-c4ccnc(-n5c6ccccc6c6cc(-c7cccc8c7oc7ccccc78)ccc65)n4)cc3)c2)cc1. The van der Waals surface area contributed by atoms with Crippen LogP contribution in [-0.2, 0) is 0 Å².